The third-order valence-corrected chi connectivity index (χ3v) is 5.34. The summed E-state index contributed by atoms with van der Waals surface area (Å²) in [6.07, 6.45) is 1.55. The molecule has 3 N–H and O–H groups in total. The molecule has 26 heavy (non-hydrogen) atoms. The summed E-state index contributed by atoms with van der Waals surface area (Å²) in [5.41, 5.74) is 0.409. The molecule has 2 fully saturated rings. The number of para-hydroxylation sites is 1. The van der Waals surface area contributed by atoms with Crippen LogP contribution in [0.5, 0.6) is 5.75 Å². The van der Waals surface area contributed by atoms with Gasteiger partial charge in [0.2, 0.25) is 5.91 Å². The summed E-state index contributed by atoms with van der Waals surface area (Å²) in [7, 11) is 0. The number of nitrogens with zero attached hydrogens (tertiary/aromatic N) is 1. The van der Waals surface area contributed by atoms with E-state index in [0.717, 1.165) is 30.7 Å². The Morgan fingerprint density at radius 3 is 2.96 bits per heavy atom. The number of benzene rings is 1. The number of hydrogen-bond acceptors (Lipinski definition) is 5. The van der Waals surface area contributed by atoms with Crippen molar-refractivity contribution in [3.63, 3.8) is 0 Å². The molecule has 3 heterocycles. The summed E-state index contributed by atoms with van der Waals surface area (Å²) in [5.74, 6) is 0.892. The summed E-state index contributed by atoms with van der Waals surface area (Å²) in [4.78, 5) is 15.0. The minimum Gasteiger partial charge on any atom is -0.493 e. The lowest BCUT2D eigenvalue weighted by Crippen LogP contribution is -2.59. The van der Waals surface area contributed by atoms with Crippen molar-refractivity contribution in [2.75, 3.05) is 26.2 Å². The number of hydrogen-bond donors (Lipinski definition) is 3. The second kappa shape index (κ2) is 8.31. The molecule has 0 saturated carbocycles. The normalized spacial score (nSPS) is 32.9. The predicted molar refractivity (Wildman–Crippen MR) is 104 cm³/mol. The first-order chi connectivity index (χ1) is 11.5. The average Bonchev–Trinajstić information content (AvgIpc) is 2.88. The topological polar surface area (TPSA) is 73.8 Å². The number of nitrogens with one attached hydrogen (secondary N) is 2. The second-order valence-corrected chi connectivity index (χ2v) is 7.48. The first kappa shape index (κ1) is 21.3. The molecule has 0 aliphatic carbocycles. The Bertz CT molecular complexity index is 644. The first-order valence-corrected chi connectivity index (χ1v) is 8.74. The van der Waals surface area contributed by atoms with Gasteiger partial charge in [0, 0.05) is 37.7 Å². The summed E-state index contributed by atoms with van der Waals surface area (Å²) in [6.45, 7) is 4.54. The van der Waals surface area contributed by atoms with Crippen molar-refractivity contribution in [2.24, 2.45) is 0 Å². The Labute approximate surface area is 166 Å². The van der Waals surface area contributed by atoms with Gasteiger partial charge in [0.05, 0.1) is 24.3 Å². The predicted octanol–water partition coefficient (Wildman–Crippen LogP) is 1.27. The van der Waals surface area contributed by atoms with Crippen LogP contribution in [-0.4, -0.2) is 59.8 Å². The highest BCUT2D eigenvalue weighted by atomic mass is 35.5. The quantitative estimate of drug-likeness (QED) is 0.693. The van der Waals surface area contributed by atoms with E-state index in [4.69, 9.17) is 4.74 Å². The molecule has 146 valence electrons. The highest BCUT2D eigenvalue weighted by Crippen LogP contribution is 2.32. The van der Waals surface area contributed by atoms with Gasteiger partial charge in [0.25, 0.3) is 0 Å². The number of carbonyl (C=O) groups excluding carboxylic acids is 1. The summed E-state index contributed by atoms with van der Waals surface area (Å²) >= 11 is 0. The molecule has 0 aromatic heterocycles. The van der Waals surface area contributed by atoms with E-state index in [1.807, 2.05) is 31.2 Å². The van der Waals surface area contributed by atoms with Gasteiger partial charge in [-0.05, 0) is 19.4 Å². The monoisotopic (exact) mass is 403 g/mol. The van der Waals surface area contributed by atoms with E-state index in [9.17, 15) is 9.90 Å². The van der Waals surface area contributed by atoms with E-state index in [2.05, 4.69) is 15.5 Å². The molecule has 0 bridgehead atoms. The number of amides is 1. The van der Waals surface area contributed by atoms with Crippen molar-refractivity contribution in [1.29, 1.82) is 0 Å². The maximum Gasteiger partial charge on any atom is 0.238 e. The zero-order valence-corrected chi connectivity index (χ0v) is 16.4. The van der Waals surface area contributed by atoms with Crippen LogP contribution < -0.4 is 15.4 Å². The molecule has 1 aromatic rings. The summed E-state index contributed by atoms with van der Waals surface area (Å²) in [6, 6.07) is 7.99. The number of aliphatic hydroxyl groups is 1. The molecule has 1 aromatic carbocycles. The van der Waals surface area contributed by atoms with Gasteiger partial charge < -0.3 is 20.5 Å². The van der Waals surface area contributed by atoms with Crippen LogP contribution in [-0.2, 0) is 4.79 Å². The molecule has 0 unspecified atom stereocenters. The fourth-order valence-electron chi connectivity index (χ4n) is 4.20. The van der Waals surface area contributed by atoms with Crippen LogP contribution in [0.1, 0.15) is 31.4 Å². The minimum absolute atomic E-state index is 0. The number of fused-ring (bicyclic) bond motifs is 2. The van der Waals surface area contributed by atoms with Crippen molar-refractivity contribution >= 4 is 30.7 Å². The fourth-order valence-corrected chi connectivity index (χ4v) is 4.20. The molecule has 6 nitrogen and oxygen atoms in total. The third-order valence-electron chi connectivity index (χ3n) is 5.34. The van der Waals surface area contributed by atoms with Gasteiger partial charge in [-0.1, -0.05) is 18.2 Å². The van der Waals surface area contributed by atoms with Gasteiger partial charge in [0.1, 0.15) is 5.75 Å². The zero-order valence-electron chi connectivity index (χ0n) is 14.8. The van der Waals surface area contributed by atoms with Crippen LogP contribution in [0.15, 0.2) is 24.3 Å². The largest absolute Gasteiger partial charge is 0.493 e. The van der Waals surface area contributed by atoms with Gasteiger partial charge in [0.15, 0.2) is 0 Å². The van der Waals surface area contributed by atoms with Crippen molar-refractivity contribution in [3.8, 4) is 5.75 Å². The highest BCUT2D eigenvalue weighted by Gasteiger charge is 2.43. The van der Waals surface area contributed by atoms with Crippen LogP contribution in [0.2, 0.25) is 0 Å². The highest BCUT2D eigenvalue weighted by molar-refractivity contribution is 5.85. The molecule has 4 rings (SSSR count). The maximum absolute atomic E-state index is 12.7. The van der Waals surface area contributed by atoms with Crippen LogP contribution in [0.3, 0.4) is 0 Å². The molecule has 0 radical (unpaired) electrons. The van der Waals surface area contributed by atoms with Crippen LogP contribution in [0.25, 0.3) is 0 Å². The molecule has 2 saturated heterocycles. The van der Waals surface area contributed by atoms with Crippen LogP contribution in [0.4, 0.5) is 0 Å². The van der Waals surface area contributed by atoms with E-state index in [-0.39, 0.29) is 42.8 Å². The van der Waals surface area contributed by atoms with Crippen molar-refractivity contribution in [2.45, 2.75) is 43.5 Å². The van der Waals surface area contributed by atoms with Crippen LogP contribution >= 0.6 is 24.8 Å². The number of piperazine rings is 1. The van der Waals surface area contributed by atoms with Crippen LogP contribution in [0, 0.1) is 0 Å². The molecular weight excluding hydrogens is 377 g/mol. The van der Waals surface area contributed by atoms with Crippen molar-refractivity contribution < 1.29 is 14.6 Å². The Balaban J connectivity index is 0.00000121. The molecule has 3 aliphatic heterocycles. The van der Waals surface area contributed by atoms with E-state index in [1.54, 1.807) is 0 Å². The van der Waals surface area contributed by atoms with E-state index in [0.29, 0.717) is 25.7 Å². The lowest BCUT2D eigenvalue weighted by Gasteiger charge is -2.36. The number of ether oxygens (including phenoxy) is 1. The van der Waals surface area contributed by atoms with Gasteiger partial charge in [-0.3, -0.25) is 9.69 Å². The van der Waals surface area contributed by atoms with Gasteiger partial charge >= 0.3 is 0 Å². The third kappa shape index (κ3) is 4.26. The van der Waals surface area contributed by atoms with Crippen molar-refractivity contribution in [3.05, 3.63) is 29.8 Å². The smallest absolute Gasteiger partial charge is 0.238 e. The van der Waals surface area contributed by atoms with E-state index < -0.39 is 5.60 Å². The average molecular weight is 404 g/mol. The minimum atomic E-state index is -0.642. The van der Waals surface area contributed by atoms with E-state index >= 15 is 0 Å². The Morgan fingerprint density at radius 1 is 1.38 bits per heavy atom. The lowest BCUT2D eigenvalue weighted by atomic mass is 9.99. The maximum atomic E-state index is 12.7. The molecule has 4 atom stereocenters. The standard InChI is InChI=1S/C18H25N3O3.2ClH/c1-18(23)8-12-9-19-15(10-21(12)11-18)17(22)20-14-6-7-24-16-5-3-2-4-13(14)16;;/h2-5,12,14-15,19,23H,6-11H2,1H3,(H,20,22);2*1H/t12-,14-,15+,18-;;/m1../s1. The molecular formula is C18H27Cl2N3O3. The van der Waals surface area contributed by atoms with Crippen molar-refractivity contribution in [1.82, 2.24) is 15.5 Å². The SMILES string of the molecule is C[C@@]1(O)C[C@@H]2CN[C@H](C(=O)N[C@@H]3CCOc4ccccc43)CN2C1.Cl.Cl. The number of halogens is 2. The first-order valence-electron chi connectivity index (χ1n) is 8.74. The summed E-state index contributed by atoms with van der Waals surface area (Å²) in [5, 5.41) is 16.8. The summed E-state index contributed by atoms with van der Waals surface area (Å²) < 4.78 is 5.66. The molecule has 0 spiro atoms. The number of rotatable bonds is 2. The van der Waals surface area contributed by atoms with E-state index in [1.165, 1.54) is 0 Å². The molecule has 8 heteroatoms. The molecule has 3 aliphatic rings. The van der Waals surface area contributed by atoms with Gasteiger partial charge in [-0.2, -0.15) is 0 Å². The number of carbonyl (C=O) groups is 1. The second-order valence-electron chi connectivity index (χ2n) is 7.48. The Kier molecular flexibility index (Phi) is 6.80. The lowest BCUT2D eigenvalue weighted by molar-refractivity contribution is -0.125. The van der Waals surface area contributed by atoms with Gasteiger partial charge in [-0.25, -0.2) is 0 Å². The fraction of sp³-hybridized carbons (Fsp3) is 0.611. The van der Waals surface area contributed by atoms with Gasteiger partial charge in [-0.15, -0.1) is 24.8 Å². The Hall–Kier alpha value is -1.05. The zero-order chi connectivity index (χ0) is 16.7. The molecule has 1 amide bonds. The Morgan fingerprint density at radius 2 is 2.15 bits per heavy atom.